The van der Waals surface area contributed by atoms with E-state index in [2.05, 4.69) is 73.7 Å². The Morgan fingerprint density at radius 3 is 2.52 bits per heavy atom. The largest absolute Gasteiger partial charge is 0.0801 e. The van der Waals surface area contributed by atoms with E-state index in [1.54, 1.807) is 0 Å². The summed E-state index contributed by atoms with van der Waals surface area (Å²) in [6, 6.07) is 17.5. The van der Waals surface area contributed by atoms with Crippen molar-refractivity contribution in [2.75, 3.05) is 0 Å². The van der Waals surface area contributed by atoms with Gasteiger partial charge in [-0.25, -0.2) is 0 Å². The molecule has 2 aliphatic rings. The second-order valence-corrected chi connectivity index (χ2v) is 5.81. The summed E-state index contributed by atoms with van der Waals surface area (Å²) in [7, 11) is 0. The fourth-order valence-electron chi connectivity index (χ4n) is 3.54. The highest BCUT2D eigenvalue weighted by Gasteiger charge is 2.23. The Morgan fingerprint density at radius 1 is 0.905 bits per heavy atom. The lowest BCUT2D eigenvalue weighted by molar-refractivity contribution is 1.30. The van der Waals surface area contributed by atoms with Crippen molar-refractivity contribution in [3.8, 4) is 0 Å². The smallest absolute Gasteiger partial charge is 0.00107 e. The Hall–Kier alpha value is -2.34. The van der Waals surface area contributed by atoms with Crippen LogP contribution in [0.5, 0.6) is 0 Å². The third-order valence-corrected chi connectivity index (χ3v) is 4.59. The third-order valence-electron chi connectivity index (χ3n) is 4.59. The molecule has 0 unspecified atom stereocenters. The van der Waals surface area contributed by atoms with Crippen LogP contribution in [-0.2, 0) is 6.42 Å². The van der Waals surface area contributed by atoms with Gasteiger partial charge in [-0.05, 0) is 58.7 Å². The van der Waals surface area contributed by atoms with Crippen molar-refractivity contribution >= 4 is 16.7 Å². The van der Waals surface area contributed by atoms with Crippen LogP contribution in [0, 0.1) is 0 Å². The van der Waals surface area contributed by atoms with Gasteiger partial charge in [0.25, 0.3) is 0 Å². The molecule has 2 aromatic carbocycles. The predicted molar refractivity (Wildman–Crippen MR) is 90.8 cm³/mol. The minimum Gasteiger partial charge on any atom is -0.0801 e. The quantitative estimate of drug-likeness (QED) is 0.674. The van der Waals surface area contributed by atoms with Crippen LogP contribution in [0.4, 0.5) is 0 Å². The zero-order chi connectivity index (χ0) is 14.2. The van der Waals surface area contributed by atoms with Crippen LogP contribution >= 0.6 is 0 Å². The van der Waals surface area contributed by atoms with Crippen LogP contribution < -0.4 is 0 Å². The Bertz CT molecular complexity index is 786. The first-order chi connectivity index (χ1) is 10.3. The first-order valence-corrected chi connectivity index (χ1v) is 7.58. The van der Waals surface area contributed by atoms with Crippen LogP contribution in [0.25, 0.3) is 16.7 Å². The molecule has 0 aromatic heterocycles. The van der Waals surface area contributed by atoms with Crippen molar-refractivity contribution in [2.45, 2.75) is 19.8 Å². The number of hydrogen-bond acceptors (Lipinski definition) is 0. The molecular formula is C21H18. The Morgan fingerprint density at radius 2 is 1.76 bits per heavy atom. The third kappa shape index (κ3) is 1.99. The van der Waals surface area contributed by atoms with E-state index in [9.17, 15) is 0 Å². The summed E-state index contributed by atoms with van der Waals surface area (Å²) >= 11 is 0. The molecule has 0 atom stereocenters. The SMILES string of the molecule is CC1=C(c2ccccc2)Cc2cccc(C3=CC=CC3)c21. The van der Waals surface area contributed by atoms with Gasteiger partial charge < -0.3 is 0 Å². The lowest BCUT2D eigenvalue weighted by atomic mass is 9.93. The van der Waals surface area contributed by atoms with E-state index in [-0.39, 0.29) is 0 Å². The highest BCUT2D eigenvalue weighted by Crippen LogP contribution is 2.42. The van der Waals surface area contributed by atoms with E-state index in [0.717, 1.165) is 12.8 Å². The molecule has 0 radical (unpaired) electrons. The van der Waals surface area contributed by atoms with E-state index in [1.807, 2.05) is 0 Å². The minimum absolute atomic E-state index is 1.06. The van der Waals surface area contributed by atoms with Gasteiger partial charge in [0.1, 0.15) is 0 Å². The number of benzene rings is 2. The van der Waals surface area contributed by atoms with Crippen molar-refractivity contribution in [1.29, 1.82) is 0 Å². The summed E-state index contributed by atoms with van der Waals surface area (Å²) < 4.78 is 0. The standard InChI is InChI=1S/C21H18/c1-15-20(17-8-3-2-4-9-17)14-18-12-7-13-19(21(15)18)16-10-5-6-11-16/h2-10,12-13H,11,14H2,1H3. The van der Waals surface area contributed by atoms with E-state index < -0.39 is 0 Å². The minimum atomic E-state index is 1.06. The van der Waals surface area contributed by atoms with Gasteiger partial charge in [0.2, 0.25) is 0 Å². The molecule has 0 heterocycles. The number of hydrogen-bond donors (Lipinski definition) is 0. The van der Waals surface area contributed by atoms with Gasteiger partial charge in [-0.2, -0.15) is 0 Å². The van der Waals surface area contributed by atoms with Gasteiger partial charge in [0, 0.05) is 0 Å². The molecule has 2 aliphatic carbocycles. The van der Waals surface area contributed by atoms with Crippen LogP contribution in [0.1, 0.15) is 35.6 Å². The number of allylic oxidation sites excluding steroid dienone is 6. The van der Waals surface area contributed by atoms with Gasteiger partial charge >= 0.3 is 0 Å². The molecule has 4 rings (SSSR count). The van der Waals surface area contributed by atoms with E-state index in [0.29, 0.717) is 0 Å². The normalized spacial score (nSPS) is 16.3. The first kappa shape index (κ1) is 12.4. The molecule has 0 heteroatoms. The summed E-state index contributed by atoms with van der Waals surface area (Å²) in [4.78, 5) is 0. The Balaban J connectivity index is 1.86. The molecule has 21 heavy (non-hydrogen) atoms. The monoisotopic (exact) mass is 270 g/mol. The molecule has 0 spiro atoms. The average Bonchev–Trinajstić information content (AvgIpc) is 3.16. The molecule has 0 amide bonds. The highest BCUT2D eigenvalue weighted by molar-refractivity contribution is 5.99. The molecule has 0 aliphatic heterocycles. The molecule has 102 valence electrons. The van der Waals surface area contributed by atoms with Gasteiger partial charge in [0.05, 0.1) is 0 Å². The number of fused-ring (bicyclic) bond motifs is 1. The zero-order valence-corrected chi connectivity index (χ0v) is 12.3. The van der Waals surface area contributed by atoms with Crippen LogP contribution in [-0.4, -0.2) is 0 Å². The fourth-order valence-corrected chi connectivity index (χ4v) is 3.54. The average molecular weight is 270 g/mol. The lowest BCUT2D eigenvalue weighted by Gasteiger charge is -2.11. The Kier molecular flexibility index (Phi) is 2.89. The maximum absolute atomic E-state index is 2.28. The molecule has 0 nitrogen and oxygen atoms in total. The van der Waals surface area contributed by atoms with Gasteiger partial charge in [0.15, 0.2) is 0 Å². The summed E-state index contributed by atoms with van der Waals surface area (Å²) in [6.07, 6.45) is 8.77. The Labute approximate surface area is 126 Å². The zero-order valence-electron chi connectivity index (χ0n) is 12.3. The second kappa shape index (κ2) is 4.89. The van der Waals surface area contributed by atoms with Gasteiger partial charge in [-0.1, -0.05) is 66.8 Å². The highest BCUT2D eigenvalue weighted by atomic mass is 14.3. The summed E-state index contributed by atoms with van der Waals surface area (Å²) in [6.45, 7) is 2.28. The van der Waals surface area contributed by atoms with Crippen molar-refractivity contribution in [2.24, 2.45) is 0 Å². The topological polar surface area (TPSA) is 0 Å². The van der Waals surface area contributed by atoms with Crippen molar-refractivity contribution < 1.29 is 0 Å². The van der Waals surface area contributed by atoms with E-state index in [1.165, 1.54) is 39.0 Å². The summed E-state index contributed by atoms with van der Waals surface area (Å²) in [5.74, 6) is 0. The molecule has 0 N–H and O–H groups in total. The van der Waals surface area contributed by atoms with E-state index >= 15 is 0 Å². The second-order valence-electron chi connectivity index (χ2n) is 5.81. The van der Waals surface area contributed by atoms with E-state index in [4.69, 9.17) is 0 Å². The van der Waals surface area contributed by atoms with Crippen LogP contribution in [0.15, 0.2) is 66.8 Å². The molecule has 0 fully saturated rings. The lowest BCUT2D eigenvalue weighted by Crippen LogP contribution is -1.91. The van der Waals surface area contributed by atoms with Gasteiger partial charge in [-0.3, -0.25) is 0 Å². The maximum atomic E-state index is 2.28. The molecule has 0 saturated carbocycles. The van der Waals surface area contributed by atoms with Crippen molar-refractivity contribution in [1.82, 2.24) is 0 Å². The predicted octanol–water partition coefficient (Wildman–Crippen LogP) is 5.52. The summed E-state index contributed by atoms with van der Waals surface area (Å²) in [5.41, 5.74) is 10.1. The molecule has 2 aromatic rings. The first-order valence-electron chi connectivity index (χ1n) is 7.58. The van der Waals surface area contributed by atoms with Gasteiger partial charge in [-0.15, -0.1) is 0 Å². The fraction of sp³-hybridized carbons (Fsp3) is 0.143. The van der Waals surface area contributed by atoms with Crippen molar-refractivity contribution in [3.05, 3.63) is 89.0 Å². The van der Waals surface area contributed by atoms with Crippen molar-refractivity contribution in [3.63, 3.8) is 0 Å². The molecular weight excluding hydrogens is 252 g/mol. The molecule has 0 bridgehead atoms. The summed E-state index contributed by atoms with van der Waals surface area (Å²) in [5, 5.41) is 0. The number of rotatable bonds is 2. The van der Waals surface area contributed by atoms with Crippen LogP contribution in [0.3, 0.4) is 0 Å². The molecule has 0 saturated heterocycles. The van der Waals surface area contributed by atoms with Crippen LogP contribution in [0.2, 0.25) is 0 Å². The maximum Gasteiger partial charge on any atom is -0.00107 e.